The third-order valence-corrected chi connectivity index (χ3v) is 4.34. The first-order valence-electron chi connectivity index (χ1n) is 6.27. The molecule has 2 aromatic rings. The molecule has 0 saturated carbocycles. The van der Waals surface area contributed by atoms with Gasteiger partial charge in [-0.15, -0.1) is 11.8 Å². The molecule has 0 aliphatic rings. The van der Waals surface area contributed by atoms with Crippen molar-refractivity contribution in [3.63, 3.8) is 0 Å². The van der Waals surface area contributed by atoms with Crippen molar-refractivity contribution in [3.05, 3.63) is 65.0 Å². The van der Waals surface area contributed by atoms with Gasteiger partial charge in [0, 0.05) is 16.7 Å². The molecule has 0 aliphatic carbocycles. The number of thioether (sulfide) groups is 1. The summed E-state index contributed by atoms with van der Waals surface area (Å²) in [5.41, 5.74) is 9.63. The fraction of sp³-hybridized carbons (Fsp3) is 0.250. The molecule has 0 aliphatic heterocycles. The van der Waals surface area contributed by atoms with Crippen LogP contribution in [0.3, 0.4) is 0 Å². The van der Waals surface area contributed by atoms with Crippen molar-refractivity contribution in [3.8, 4) is 0 Å². The Hall–Kier alpha value is -1.32. The van der Waals surface area contributed by atoms with Gasteiger partial charge >= 0.3 is 0 Å². The van der Waals surface area contributed by atoms with Crippen molar-refractivity contribution in [2.45, 2.75) is 24.8 Å². The van der Waals surface area contributed by atoms with E-state index in [1.54, 1.807) is 23.9 Å². The molecule has 1 atom stereocenters. The van der Waals surface area contributed by atoms with Crippen molar-refractivity contribution in [2.24, 2.45) is 5.73 Å². The van der Waals surface area contributed by atoms with E-state index in [4.69, 9.17) is 5.73 Å². The van der Waals surface area contributed by atoms with E-state index in [-0.39, 0.29) is 11.9 Å². The van der Waals surface area contributed by atoms with Gasteiger partial charge in [-0.25, -0.2) is 4.39 Å². The number of hydrogen-bond acceptors (Lipinski definition) is 2. The molecular weight excluding hydrogens is 257 g/mol. The molecule has 0 fully saturated rings. The largest absolute Gasteiger partial charge is 0.323 e. The van der Waals surface area contributed by atoms with Crippen LogP contribution in [0.5, 0.6) is 0 Å². The zero-order valence-electron chi connectivity index (χ0n) is 11.2. The summed E-state index contributed by atoms with van der Waals surface area (Å²) in [6, 6.07) is 12.8. The van der Waals surface area contributed by atoms with Gasteiger partial charge in [-0.2, -0.15) is 0 Å². The fourth-order valence-electron chi connectivity index (χ4n) is 1.85. The lowest BCUT2D eigenvalue weighted by Gasteiger charge is -2.13. The normalized spacial score (nSPS) is 12.4. The van der Waals surface area contributed by atoms with Gasteiger partial charge in [0.05, 0.1) is 0 Å². The zero-order chi connectivity index (χ0) is 13.8. The molecule has 0 radical (unpaired) electrons. The highest BCUT2D eigenvalue weighted by Gasteiger charge is 2.08. The molecule has 3 heteroatoms. The number of rotatable bonds is 4. The van der Waals surface area contributed by atoms with Crippen LogP contribution in [0, 0.1) is 19.7 Å². The van der Waals surface area contributed by atoms with Crippen LogP contribution in [0.25, 0.3) is 0 Å². The van der Waals surface area contributed by atoms with Crippen LogP contribution in [-0.4, -0.2) is 5.75 Å². The van der Waals surface area contributed by atoms with Crippen LogP contribution < -0.4 is 5.73 Å². The Labute approximate surface area is 118 Å². The number of aryl methyl sites for hydroxylation is 2. The summed E-state index contributed by atoms with van der Waals surface area (Å²) in [5.74, 6) is 0.564. The molecule has 0 aromatic heterocycles. The van der Waals surface area contributed by atoms with Crippen LogP contribution in [0.4, 0.5) is 4.39 Å². The molecule has 19 heavy (non-hydrogen) atoms. The maximum absolute atomic E-state index is 12.9. The molecule has 1 unspecified atom stereocenters. The van der Waals surface area contributed by atoms with Crippen LogP contribution in [0.1, 0.15) is 22.7 Å². The van der Waals surface area contributed by atoms with Gasteiger partial charge in [0.25, 0.3) is 0 Å². The van der Waals surface area contributed by atoms with E-state index < -0.39 is 0 Å². The summed E-state index contributed by atoms with van der Waals surface area (Å²) >= 11 is 1.75. The van der Waals surface area contributed by atoms with Gasteiger partial charge in [0.1, 0.15) is 5.82 Å². The Bertz CT molecular complexity index is 551. The van der Waals surface area contributed by atoms with Gasteiger partial charge in [-0.1, -0.05) is 29.8 Å². The van der Waals surface area contributed by atoms with E-state index in [0.29, 0.717) is 0 Å². The fourth-order valence-corrected chi connectivity index (χ4v) is 2.97. The molecule has 0 amide bonds. The van der Waals surface area contributed by atoms with E-state index in [1.807, 2.05) is 0 Å². The first-order valence-corrected chi connectivity index (χ1v) is 7.26. The summed E-state index contributed by atoms with van der Waals surface area (Å²) in [6.07, 6.45) is 0. The lowest BCUT2D eigenvalue weighted by Crippen LogP contribution is -2.12. The molecule has 2 aromatic carbocycles. The van der Waals surface area contributed by atoms with E-state index in [9.17, 15) is 4.39 Å². The Morgan fingerprint density at radius 1 is 1.11 bits per heavy atom. The van der Waals surface area contributed by atoms with Crippen molar-refractivity contribution >= 4 is 11.8 Å². The average Bonchev–Trinajstić information content (AvgIpc) is 2.40. The van der Waals surface area contributed by atoms with Gasteiger partial charge in [-0.3, -0.25) is 0 Å². The minimum atomic E-state index is -0.224. The Morgan fingerprint density at radius 3 is 2.47 bits per heavy atom. The highest BCUT2D eigenvalue weighted by molar-refractivity contribution is 7.99. The Balaban J connectivity index is 2.02. The molecular formula is C16H18FNS. The first-order chi connectivity index (χ1) is 9.06. The smallest absolute Gasteiger partial charge is 0.123 e. The second-order valence-electron chi connectivity index (χ2n) is 4.74. The molecule has 100 valence electrons. The van der Waals surface area contributed by atoms with Crippen molar-refractivity contribution in [1.29, 1.82) is 0 Å². The third kappa shape index (κ3) is 3.82. The molecule has 0 saturated heterocycles. The van der Waals surface area contributed by atoms with Gasteiger partial charge < -0.3 is 5.73 Å². The van der Waals surface area contributed by atoms with Crippen LogP contribution >= 0.6 is 11.8 Å². The minimum absolute atomic E-state index is 0.0782. The Kier molecular flexibility index (Phi) is 4.61. The van der Waals surface area contributed by atoms with Gasteiger partial charge in [-0.05, 0) is 43.2 Å². The van der Waals surface area contributed by atoms with Gasteiger partial charge in [0.2, 0.25) is 0 Å². The lowest BCUT2D eigenvalue weighted by molar-refractivity contribution is 0.626. The quantitative estimate of drug-likeness (QED) is 0.845. The van der Waals surface area contributed by atoms with E-state index in [2.05, 4.69) is 32.0 Å². The SMILES string of the molecule is Cc1ccc(C)c(SCC(N)c2ccc(F)cc2)c1. The summed E-state index contributed by atoms with van der Waals surface area (Å²) in [5, 5.41) is 0. The molecule has 1 nitrogen and oxygen atoms in total. The van der Waals surface area contributed by atoms with Crippen LogP contribution in [0.2, 0.25) is 0 Å². The minimum Gasteiger partial charge on any atom is -0.323 e. The highest BCUT2D eigenvalue weighted by Crippen LogP contribution is 2.27. The first kappa shape index (κ1) is 14.1. The lowest BCUT2D eigenvalue weighted by atomic mass is 10.1. The second kappa shape index (κ2) is 6.22. The van der Waals surface area contributed by atoms with E-state index >= 15 is 0 Å². The molecule has 0 bridgehead atoms. The van der Waals surface area contributed by atoms with E-state index in [1.165, 1.54) is 28.2 Å². The number of nitrogens with two attached hydrogens (primary N) is 1. The number of halogens is 1. The topological polar surface area (TPSA) is 26.0 Å². The molecule has 0 spiro atoms. The molecule has 2 rings (SSSR count). The van der Waals surface area contributed by atoms with Crippen molar-refractivity contribution in [2.75, 3.05) is 5.75 Å². The predicted molar refractivity (Wildman–Crippen MR) is 80.0 cm³/mol. The predicted octanol–water partition coefficient (Wildman–Crippen LogP) is 4.23. The number of hydrogen-bond donors (Lipinski definition) is 1. The second-order valence-corrected chi connectivity index (χ2v) is 5.80. The third-order valence-electron chi connectivity index (χ3n) is 3.06. The van der Waals surface area contributed by atoms with E-state index in [0.717, 1.165) is 11.3 Å². The van der Waals surface area contributed by atoms with Crippen molar-refractivity contribution < 1.29 is 4.39 Å². The summed E-state index contributed by atoms with van der Waals surface area (Å²) < 4.78 is 12.9. The highest BCUT2D eigenvalue weighted by atomic mass is 32.2. The maximum atomic E-state index is 12.9. The summed E-state index contributed by atoms with van der Waals surface area (Å²) in [6.45, 7) is 4.19. The number of benzene rings is 2. The van der Waals surface area contributed by atoms with Crippen LogP contribution in [0.15, 0.2) is 47.4 Å². The zero-order valence-corrected chi connectivity index (χ0v) is 12.0. The average molecular weight is 275 g/mol. The van der Waals surface area contributed by atoms with Crippen molar-refractivity contribution in [1.82, 2.24) is 0 Å². The van der Waals surface area contributed by atoms with Gasteiger partial charge in [0.15, 0.2) is 0 Å². The standard InChI is InChI=1S/C16H18FNS/c1-11-3-4-12(2)16(9-11)19-10-15(18)13-5-7-14(17)8-6-13/h3-9,15H,10,18H2,1-2H3. The van der Waals surface area contributed by atoms with Crippen LogP contribution in [-0.2, 0) is 0 Å². The summed E-state index contributed by atoms with van der Waals surface area (Å²) in [4.78, 5) is 1.26. The maximum Gasteiger partial charge on any atom is 0.123 e. The molecule has 0 heterocycles. The monoisotopic (exact) mass is 275 g/mol. The summed E-state index contributed by atoms with van der Waals surface area (Å²) in [7, 11) is 0. The molecule has 2 N–H and O–H groups in total. The Morgan fingerprint density at radius 2 is 1.79 bits per heavy atom.